The number of carbonyl (C=O) groups is 1. The van der Waals surface area contributed by atoms with Crippen LogP contribution in [0.4, 0.5) is 0 Å². The number of esters is 1. The van der Waals surface area contributed by atoms with Crippen molar-refractivity contribution in [3.8, 4) is 17.6 Å². The van der Waals surface area contributed by atoms with Crippen LogP contribution in [0.2, 0.25) is 0 Å². The molecule has 0 radical (unpaired) electrons. The Hall–Kier alpha value is -3.46. The van der Waals surface area contributed by atoms with Crippen molar-refractivity contribution in [3.05, 3.63) is 64.7 Å². The van der Waals surface area contributed by atoms with Crippen LogP contribution in [0.3, 0.4) is 0 Å². The van der Waals surface area contributed by atoms with Crippen molar-refractivity contribution >= 4 is 11.7 Å². The summed E-state index contributed by atoms with van der Waals surface area (Å²) in [6.07, 6.45) is 0. The summed E-state index contributed by atoms with van der Waals surface area (Å²) in [6.45, 7) is 0.122. The zero-order valence-corrected chi connectivity index (χ0v) is 13.4. The van der Waals surface area contributed by atoms with Crippen LogP contribution in [0.1, 0.15) is 16.7 Å². The van der Waals surface area contributed by atoms with Crippen LogP contribution in [0.15, 0.2) is 48.0 Å². The molecule has 2 N–H and O–H groups in total. The quantitative estimate of drug-likeness (QED) is 0.845. The van der Waals surface area contributed by atoms with Gasteiger partial charge in [-0.2, -0.15) is 5.26 Å². The Morgan fingerprint density at radius 3 is 2.76 bits per heavy atom. The third kappa shape index (κ3) is 1.86. The van der Waals surface area contributed by atoms with E-state index in [9.17, 15) is 10.1 Å². The fraction of sp³-hybridized carbons (Fsp3) is 0.158. The minimum absolute atomic E-state index is 0.122. The molecule has 2 aromatic carbocycles. The first kappa shape index (κ1) is 15.1. The summed E-state index contributed by atoms with van der Waals surface area (Å²) >= 11 is 0. The van der Waals surface area contributed by atoms with Gasteiger partial charge >= 0.3 is 5.97 Å². The monoisotopic (exact) mass is 334 g/mol. The molecule has 0 spiro atoms. The highest BCUT2D eigenvalue weighted by Gasteiger charge is 2.50. The van der Waals surface area contributed by atoms with E-state index in [4.69, 9.17) is 19.9 Å². The number of carbonyl (C=O) groups excluding carboxylic acids is 1. The van der Waals surface area contributed by atoms with Crippen molar-refractivity contribution in [2.75, 3.05) is 13.9 Å². The minimum atomic E-state index is -1.37. The van der Waals surface area contributed by atoms with Gasteiger partial charge in [-0.05, 0) is 23.3 Å². The molecule has 1 aliphatic heterocycles. The highest BCUT2D eigenvalue weighted by atomic mass is 16.7. The summed E-state index contributed by atoms with van der Waals surface area (Å²) in [6, 6.07) is 14.7. The van der Waals surface area contributed by atoms with Gasteiger partial charge in [0.1, 0.15) is 5.41 Å². The van der Waals surface area contributed by atoms with Gasteiger partial charge in [0, 0.05) is 5.56 Å². The SMILES string of the molecule is COC(=O)C1=C(N)c2ccccc2C1(C#N)c1ccc2c(c1)OCO2. The van der Waals surface area contributed by atoms with Crippen molar-refractivity contribution in [2.45, 2.75) is 5.41 Å². The Balaban J connectivity index is 2.04. The second-order valence-electron chi connectivity index (χ2n) is 5.76. The number of hydrogen-bond acceptors (Lipinski definition) is 6. The number of nitrogens with zero attached hydrogens (tertiary/aromatic N) is 1. The molecular weight excluding hydrogens is 320 g/mol. The zero-order valence-electron chi connectivity index (χ0n) is 13.4. The van der Waals surface area contributed by atoms with Gasteiger partial charge in [-0.1, -0.05) is 30.3 Å². The molecule has 4 rings (SSSR count). The van der Waals surface area contributed by atoms with Crippen LogP contribution in [-0.2, 0) is 14.9 Å². The molecule has 1 heterocycles. The summed E-state index contributed by atoms with van der Waals surface area (Å²) in [5.74, 6) is 0.493. The first-order valence-corrected chi connectivity index (χ1v) is 7.63. The Labute approximate surface area is 144 Å². The highest BCUT2D eigenvalue weighted by molar-refractivity contribution is 6.05. The number of ether oxygens (including phenoxy) is 3. The average Bonchev–Trinajstić information content (AvgIpc) is 3.22. The summed E-state index contributed by atoms with van der Waals surface area (Å²) < 4.78 is 15.7. The first-order chi connectivity index (χ1) is 12.1. The molecule has 1 atom stereocenters. The van der Waals surface area contributed by atoms with Gasteiger partial charge in [0.2, 0.25) is 6.79 Å². The lowest BCUT2D eigenvalue weighted by atomic mass is 9.72. The Morgan fingerprint density at radius 1 is 1.24 bits per heavy atom. The Kier molecular flexibility index (Phi) is 3.19. The molecule has 1 aliphatic carbocycles. The van der Waals surface area contributed by atoms with E-state index in [0.29, 0.717) is 28.2 Å². The van der Waals surface area contributed by atoms with Gasteiger partial charge in [0.05, 0.1) is 24.4 Å². The van der Waals surface area contributed by atoms with E-state index in [1.165, 1.54) is 7.11 Å². The zero-order chi connectivity index (χ0) is 17.6. The van der Waals surface area contributed by atoms with Gasteiger partial charge in [-0.25, -0.2) is 4.79 Å². The normalized spacial score (nSPS) is 20.2. The molecule has 2 aromatic rings. The molecule has 1 unspecified atom stereocenters. The van der Waals surface area contributed by atoms with Crippen molar-refractivity contribution < 1.29 is 19.0 Å². The Morgan fingerprint density at radius 2 is 2.00 bits per heavy atom. The minimum Gasteiger partial charge on any atom is -0.466 e. The standard InChI is InChI=1S/C19H14N2O4/c1-23-18(22)16-17(21)12-4-2-3-5-13(12)19(16,9-20)11-6-7-14-15(8-11)25-10-24-14/h2-8H,10,21H2,1H3. The van der Waals surface area contributed by atoms with Gasteiger partial charge < -0.3 is 19.9 Å². The molecule has 0 bridgehead atoms. The number of nitriles is 1. The van der Waals surface area contributed by atoms with Crippen molar-refractivity contribution in [2.24, 2.45) is 5.73 Å². The molecule has 2 aliphatic rings. The third-order valence-electron chi connectivity index (χ3n) is 4.63. The van der Waals surface area contributed by atoms with Crippen LogP contribution in [0.25, 0.3) is 5.70 Å². The Bertz CT molecular complexity index is 974. The second-order valence-corrected chi connectivity index (χ2v) is 5.76. The van der Waals surface area contributed by atoms with Crippen LogP contribution in [0.5, 0.6) is 11.5 Å². The molecule has 0 saturated carbocycles. The van der Waals surface area contributed by atoms with Crippen LogP contribution >= 0.6 is 0 Å². The van der Waals surface area contributed by atoms with Crippen LogP contribution in [0, 0.1) is 11.3 Å². The maximum absolute atomic E-state index is 12.5. The van der Waals surface area contributed by atoms with E-state index >= 15 is 0 Å². The van der Waals surface area contributed by atoms with E-state index in [1.54, 1.807) is 30.3 Å². The van der Waals surface area contributed by atoms with Gasteiger partial charge in [-0.15, -0.1) is 0 Å². The number of nitrogens with two attached hydrogens (primary N) is 1. The summed E-state index contributed by atoms with van der Waals surface area (Å²) in [5.41, 5.74) is 7.13. The van der Waals surface area contributed by atoms with E-state index in [-0.39, 0.29) is 18.1 Å². The van der Waals surface area contributed by atoms with Crippen LogP contribution < -0.4 is 15.2 Å². The summed E-state index contributed by atoms with van der Waals surface area (Å²) in [5, 5.41) is 10.2. The molecule has 0 amide bonds. The molecule has 0 aromatic heterocycles. The lowest BCUT2D eigenvalue weighted by Gasteiger charge is -2.26. The molecular formula is C19H14N2O4. The largest absolute Gasteiger partial charge is 0.466 e. The molecule has 0 saturated heterocycles. The van der Waals surface area contributed by atoms with E-state index in [1.807, 2.05) is 12.1 Å². The predicted molar refractivity (Wildman–Crippen MR) is 88.5 cm³/mol. The molecule has 124 valence electrons. The van der Waals surface area contributed by atoms with Crippen molar-refractivity contribution in [3.63, 3.8) is 0 Å². The summed E-state index contributed by atoms with van der Waals surface area (Å²) in [7, 11) is 1.27. The van der Waals surface area contributed by atoms with Gasteiger partial charge in [-0.3, -0.25) is 0 Å². The predicted octanol–water partition coefficient (Wildman–Crippen LogP) is 2.08. The lowest BCUT2D eigenvalue weighted by Crippen LogP contribution is -2.31. The van der Waals surface area contributed by atoms with Crippen molar-refractivity contribution in [1.29, 1.82) is 5.26 Å². The van der Waals surface area contributed by atoms with Gasteiger partial charge in [0.15, 0.2) is 11.5 Å². The number of hydrogen-bond donors (Lipinski definition) is 1. The van der Waals surface area contributed by atoms with E-state index < -0.39 is 11.4 Å². The number of methoxy groups -OCH3 is 1. The van der Waals surface area contributed by atoms with E-state index in [2.05, 4.69) is 6.07 Å². The second kappa shape index (κ2) is 5.28. The maximum atomic E-state index is 12.5. The molecule has 6 heteroatoms. The third-order valence-corrected chi connectivity index (χ3v) is 4.63. The lowest BCUT2D eigenvalue weighted by molar-refractivity contribution is -0.136. The highest BCUT2D eigenvalue weighted by Crippen LogP contribution is 2.50. The summed E-state index contributed by atoms with van der Waals surface area (Å²) in [4.78, 5) is 12.5. The smallest absolute Gasteiger partial charge is 0.338 e. The van der Waals surface area contributed by atoms with Crippen LogP contribution in [-0.4, -0.2) is 19.9 Å². The number of rotatable bonds is 2. The number of benzene rings is 2. The van der Waals surface area contributed by atoms with E-state index in [0.717, 1.165) is 0 Å². The first-order valence-electron chi connectivity index (χ1n) is 7.63. The van der Waals surface area contributed by atoms with Gasteiger partial charge in [0.25, 0.3) is 0 Å². The van der Waals surface area contributed by atoms with Crippen molar-refractivity contribution in [1.82, 2.24) is 0 Å². The molecule has 6 nitrogen and oxygen atoms in total. The average molecular weight is 334 g/mol. The fourth-order valence-corrected chi connectivity index (χ4v) is 3.49. The number of fused-ring (bicyclic) bond motifs is 2. The maximum Gasteiger partial charge on any atom is 0.338 e. The molecule has 0 fully saturated rings. The molecule has 25 heavy (non-hydrogen) atoms. The topological polar surface area (TPSA) is 94.6 Å². The fourth-order valence-electron chi connectivity index (χ4n) is 3.49.